The van der Waals surface area contributed by atoms with Crippen molar-refractivity contribution >= 4 is 22.8 Å². The van der Waals surface area contributed by atoms with Gasteiger partial charge in [-0.1, -0.05) is 20.8 Å². The zero-order valence-corrected chi connectivity index (χ0v) is 13.7. The van der Waals surface area contributed by atoms with Crippen LogP contribution in [-0.2, 0) is 5.41 Å². The van der Waals surface area contributed by atoms with Gasteiger partial charge >= 0.3 is 0 Å². The molecule has 0 bridgehead atoms. The van der Waals surface area contributed by atoms with Crippen LogP contribution in [0.3, 0.4) is 0 Å². The molecule has 1 fully saturated rings. The minimum Gasteiger partial charge on any atom is -0.442 e. The number of fused-ring (bicyclic) bond motifs is 1. The monoisotopic (exact) mass is 302 g/mol. The number of hydrogen-bond donors (Lipinski definition) is 2. The van der Waals surface area contributed by atoms with Gasteiger partial charge in [0, 0.05) is 11.0 Å². The highest BCUT2D eigenvalue weighted by Gasteiger charge is 2.39. The molecule has 1 aliphatic rings. The number of rotatable bonds is 3. The molecule has 1 saturated carbocycles. The predicted molar refractivity (Wildman–Crippen MR) is 85.0 cm³/mol. The fraction of sp³-hybridized carbons (Fsp3) is 0.562. The van der Waals surface area contributed by atoms with Crippen LogP contribution in [0.15, 0.2) is 4.42 Å². The molecule has 0 spiro atoms. The van der Waals surface area contributed by atoms with Crippen molar-refractivity contribution in [2.75, 3.05) is 5.32 Å². The van der Waals surface area contributed by atoms with Crippen LogP contribution in [0.1, 0.15) is 62.5 Å². The lowest BCUT2D eigenvalue weighted by molar-refractivity contribution is 0.1000. The minimum absolute atomic E-state index is 0.0243. The first-order chi connectivity index (χ1) is 10.1. The van der Waals surface area contributed by atoms with E-state index in [2.05, 4.69) is 22.2 Å². The van der Waals surface area contributed by atoms with Crippen LogP contribution >= 0.6 is 0 Å². The zero-order chi connectivity index (χ0) is 16.3. The van der Waals surface area contributed by atoms with Crippen LogP contribution in [0.2, 0.25) is 0 Å². The summed E-state index contributed by atoms with van der Waals surface area (Å²) in [5, 5.41) is 4.03. The number of aromatic nitrogens is 2. The Morgan fingerprint density at radius 1 is 1.32 bits per heavy atom. The van der Waals surface area contributed by atoms with Crippen LogP contribution in [0, 0.1) is 6.92 Å². The summed E-state index contributed by atoms with van der Waals surface area (Å²) in [5.74, 6) is 1.27. The summed E-state index contributed by atoms with van der Waals surface area (Å²) in [5.41, 5.74) is 6.10. The van der Waals surface area contributed by atoms with Gasteiger partial charge in [-0.25, -0.2) is 4.98 Å². The summed E-state index contributed by atoms with van der Waals surface area (Å²) >= 11 is 0. The second-order valence-corrected chi connectivity index (χ2v) is 7.41. The number of primary amides is 1. The lowest BCUT2D eigenvalue weighted by Gasteiger charge is -2.19. The van der Waals surface area contributed by atoms with E-state index >= 15 is 0 Å². The average molecular weight is 302 g/mol. The highest BCUT2D eigenvalue weighted by atomic mass is 16.3. The second-order valence-electron chi connectivity index (χ2n) is 7.41. The van der Waals surface area contributed by atoms with E-state index in [-0.39, 0.29) is 11.0 Å². The number of aryl methyl sites for hydroxylation is 1. The maximum atomic E-state index is 11.8. The SMILES string of the molecule is Cc1oc2nc(C(C)(C)C)nc(NC3(C)CC3)c2c1C(N)=O. The lowest BCUT2D eigenvalue weighted by atomic mass is 9.95. The molecule has 22 heavy (non-hydrogen) atoms. The molecule has 0 aromatic carbocycles. The van der Waals surface area contributed by atoms with Gasteiger partial charge < -0.3 is 15.5 Å². The van der Waals surface area contributed by atoms with E-state index in [0.29, 0.717) is 34.1 Å². The van der Waals surface area contributed by atoms with E-state index in [4.69, 9.17) is 10.2 Å². The van der Waals surface area contributed by atoms with Crippen molar-refractivity contribution in [3.63, 3.8) is 0 Å². The normalized spacial score (nSPS) is 16.8. The van der Waals surface area contributed by atoms with E-state index in [1.54, 1.807) is 6.92 Å². The van der Waals surface area contributed by atoms with E-state index < -0.39 is 5.91 Å². The van der Waals surface area contributed by atoms with E-state index in [1.807, 2.05) is 20.8 Å². The smallest absolute Gasteiger partial charge is 0.253 e. The van der Waals surface area contributed by atoms with Gasteiger partial charge in [0.15, 0.2) is 0 Å². The van der Waals surface area contributed by atoms with E-state index in [0.717, 1.165) is 12.8 Å². The van der Waals surface area contributed by atoms with Gasteiger partial charge in [-0.15, -0.1) is 0 Å². The van der Waals surface area contributed by atoms with Crippen LogP contribution < -0.4 is 11.1 Å². The molecule has 0 unspecified atom stereocenters. The number of nitrogens with one attached hydrogen (secondary N) is 1. The third-order valence-corrected chi connectivity index (χ3v) is 4.07. The van der Waals surface area contributed by atoms with Crippen molar-refractivity contribution in [3.05, 3.63) is 17.1 Å². The van der Waals surface area contributed by atoms with Crippen LogP contribution in [0.4, 0.5) is 5.82 Å². The molecule has 1 amide bonds. The highest BCUT2D eigenvalue weighted by molar-refractivity contribution is 6.09. The van der Waals surface area contributed by atoms with Crippen molar-refractivity contribution in [2.45, 2.75) is 58.4 Å². The standard InChI is InChI=1S/C16H22N4O2/c1-8-9(11(17)21)10-12(20-16(5)6-7-16)18-14(15(2,3)4)19-13(10)22-8/h6-7H2,1-5H3,(H2,17,21)(H,18,19,20). The van der Waals surface area contributed by atoms with Crippen LogP contribution in [0.25, 0.3) is 11.1 Å². The van der Waals surface area contributed by atoms with Gasteiger partial charge in [-0.05, 0) is 26.7 Å². The van der Waals surface area contributed by atoms with E-state index in [9.17, 15) is 4.79 Å². The summed E-state index contributed by atoms with van der Waals surface area (Å²) in [6.07, 6.45) is 2.15. The molecule has 2 heterocycles. The molecule has 3 N–H and O–H groups in total. The predicted octanol–water partition coefficient (Wildman–Crippen LogP) is 2.89. The molecular formula is C16H22N4O2. The maximum absolute atomic E-state index is 11.8. The molecule has 6 nitrogen and oxygen atoms in total. The molecule has 3 rings (SSSR count). The number of hydrogen-bond acceptors (Lipinski definition) is 5. The van der Waals surface area contributed by atoms with Gasteiger partial charge in [0.25, 0.3) is 5.91 Å². The molecule has 0 radical (unpaired) electrons. The number of nitrogens with two attached hydrogens (primary N) is 1. The number of amides is 1. The van der Waals surface area contributed by atoms with Gasteiger partial charge in [-0.2, -0.15) is 4.98 Å². The van der Waals surface area contributed by atoms with Gasteiger partial charge in [-0.3, -0.25) is 4.79 Å². The number of carbonyl (C=O) groups is 1. The fourth-order valence-corrected chi connectivity index (χ4v) is 2.43. The number of furan rings is 1. The van der Waals surface area contributed by atoms with Crippen molar-refractivity contribution in [3.8, 4) is 0 Å². The Morgan fingerprint density at radius 2 is 1.95 bits per heavy atom. The number of carbonyl (C=O) groups excluding carboxylic acids is 1. The summed E-state index contributed by atoms with van der Waals surface area (Å²) in [4.78, 5) is 21.0. The third kappa shape index (κ3) is 2.42. The van der Waals surface area contributed by atoms with Crippen LogP contribution in [-0.4, -0.2) is 21.4 Å². The molecule has 1 aliphatic carbocycles. The number of anilines is 1. The van der Waals surface area contributed by atoms with Crippen molar-refractivity contribution in [1.82, 2.24) is 9.97 Å². The summed E-state index contributed by atoms with van der Waals surface area (Å²) < 4.78 is 5.68. The summed E-state index contributed by atoms with van der Waals surface area (Å²) in [6.45, 7) is 9.99. The fourth-order valence-electron chi connectivity index (χ4n) is 2.43. The summed E-state index contributed by atoms with van der Waals surface area (Å²) in [7, 11) is 0. The molecule has 0 saturated heterocycles. The van der Waals surface area contributed by atoms with Crippen molar-refractivity contribution < 1.29 is 9.21 Å². The molecule has 118 valence electrons. The molecule has 0 atom stereocenters. The Kier molecular flexibility index (Phi) is 2.99. The topological polar surface area (TPSA) is 94.0 Å². The molecule has 2 aromatic rings. The van der Waals surface area contributed by atoms with Crippen molar-refractivity contribution in [1.29, 1.82) is 0 Å². The average Bonchev–Trinajstić information content (AvgIpc) is 2.97. The Labute approximate surface area is 129 Å². The first kappa shape index (κ1) is 14.8. The van der Waals surface area contributed by atoms with E-state index in [1.165, 1.54) is 0 Å². The summed E-state index contributed by atoms with van der Waals surface area (Å²) in [6, 6.07) is 0. The van der Waals surface area contributed by atoms with Gasteiger partial charge in [0.05, 0.1) is 10.9 Å². The lowest BCUT2D eigenvalue weighted by Crippen LogP contribution is -2.22. The zero-order valence-electron chi connectivity index (χ0n) is 13.7. The molecule has 2 aromatic heterocycles. The highest BCUT2D eigenvalue weighted by Crippen LogP contribution is 2.41. The maximum Gasteiger partial charge on any atom is 0.253 e. The minimum atomic E-state index is -0.521. The Balaban J connectivity index is 2.28. The third-order valence-electron chi connectivity index (χ3n) is 4.07. The first-order valence-corrected chi connectivity index (χ1v) is 7.50. The molecule has 6 heteroatoms. The molecular weight excluding hydrogens is 280 g/mol. The number of nitrogens with zero attached hydrogens (tertiary/aromatic N) is 2. The Morgan fingerprint density at radius 3 is 2.45 bits per heavy atom. The first-order valence-electron chi connectivity index (χ1n) is 7.50. The quantitative estimate of drug-likeness (QED) is 0.909. The largest absolute Gasteiger partial charge is 0.442 e. The molecule has 0 aliphatic heterocycles. The van der Waals surface area contributed by atoms with Gasteiger partial charge in [0.2, 0.25) is 5.71 Å². The van der Waals surface area contributed by atoms with Crippen molar-refractivity contribution in [2.24, 2.45) is 5.73 Å². The Hall–Kier alpha value is -2.11. The van der Waals surface area contributed by atoms with Crippen LogP contribution in [0.5, 0.6) is 0 Å². The Bertz CT molecular complexity index is 767. The second kappa shape index (κ2) is 4.44. The van der Waals surface area contributed by atoms with Gasteiger partial charge in [0.1, 0.15) is 17.4 Å².